The van der Waals surface area contributed by atoms with Crippen molar-refractivity contribution < 1.29 is 5.11 Å². The molecule has 1 N–H and O–H groups in total. The van der Waals surface area contributed by atoms with E-state index in [4.69, 9.17) is 0 Å². The van der Waals surface area contributed by atoms with Gasteiger partial charge in [0.05, 0.1) is 5.60 Å². The maximum Gasteiger partial charge on any atom is 0.0920 e. The summed E-state index contributed by atoms with van der Waals surface area (Å²) >= 11 is 1.81. The van der Waals surface area contributed by atoms with Crippen molar-refractivity contribution in [3.63, 3.8) is 0 Å². The van der Waals surface area contributed by atoms with E-state index in [1.165, 1.54) is 17.7 Å². The molecule has 1 aliphatic heterocycles. The molecule has 0 amide bonds. The molecule has 4 heteroatoms. The predicted molar refractivity (Wildman–Crippen MR) is 110 cm³/mol. The number of nitrogens with zero attached hydrogens (tertiary/aromatic N) is 2. The molecule has 3 nitrogen and oxygen atoms in total. The topological polar surface area (TPSA) is 26.7 Å². The standard InChI is InChI=1S/C22H30N2OS/c1-23(26-21-12-6-3-7-13-21)16-8-9-17-24-18-14-22(25,15-19-24)20-10-4-2-5-11-20/h2-7,10-13,25H,8-9,14-19H2,1H3. The smallest absolute Gasteiger partial charge is 0.0920 e. The Labute approximate surface area is 162 Å². The van der Waals surface area contributed by atoms with Crippen LogP contribution in [0, 0.1) is 0 Å². The summed E-state index contributed by atoms with van der Waals surface area (Å²) < 4.78 is 2.32. The van der Waals surface area contributed by atoms with E-state index in [9.17, 15) is 5.11 Å². The molecule has 1 fully saturated rings. The Morgan fingerprint density at radius 3 is 2.23 bits per heavy atom. The maximum atomic E-state index is 10.9. The van der Waals surface area contributed by atoms with Crippen molar-refractivity contribution in [2.75, 3.05) is 33.2 Å². The largest absolute Gasteiger partial charge is 0.385 e. The van der Waals surface area contributed by atoms with Crippen LogP contribution in [0.5, 0.6) is 0 Å². The third-order valence-corrected chi connectivity index (χ3v) is 6.17. The predicted octanol–water partition coefficient (Wildman–Crippen LogP) is 4.39. The van der Waals surface area contributed by atoms with E-state index in [0.29, 0.717) is 0 Å². The Morgan fingerprint density at radius 1 is 0.962 bits per heavy atom. The number of hydrogen-bond donors (Lipinski definition) is 1. The Bertz CT molecular complexity index is 642. The van der Waals surface area contributed by atoms with Crippen molar-refractivity contribution >= 4 is 11.9 Å². The minimum atomic E-state index is -0.635. The van der Waals surface area contributed by atoms with Gasteiger partial charge < -0.3 is 10.0 Å². The second kappa shape index (κ2) is 9.56. The summed E-state index contributed by atoms with van der Waals surface area (Å²) in [6.45, 7) is 4.20. The lowest BCUT2D eigenvalue weighted by atomic mass is 9.84. The fourth-order valence-corrected chi connectivity index (χ4v) is 4.42. The number of benzene rings is 2. The summed E-state index contributed by atoms with van der Waals surface area (Å²) in [5, 5.41) is 10.9. The van der Waals surface area contributed by atoms with Crippen LogP contribution < -0.4 is 0 Å². The molecule has 2 aromatic carbocycles. The first-order chi connectivity index (χ1) is 12.7. The lowest BCUT2D eigenvalue weighted by Crippen LogP contribution is -2.42. The van der Waals surface area contributed by atoms with Gasteiger partial charge in [-0.25, -0.2) is 4.31 Å². The normalized spacial score (nSPS) is 17.5. The van der Waals surface area contributed by atoms with Gasteiger partial charge in [0.2, 0.25) is 0 Å². The number of rotatable bonds is 8. The summed E-state index contributed by atoms with van der Waals surface area (Å²) in [6.07, 6.45) is 4.08. The molecule has 3 rings (SSSR count). The van der Waals surface area contributed by atoms with Crippen LogP contribution >= 0.6 is 11.9 Å². The van der Waals surface area contributed by atoms with E-state index >= 15 is 0 Å². The SMILES string of the molecule is CN(CCCCN1CCC(O)(c2ccccc2)CC1)Sc1ccccc1. The number of piperidine rings is 1. The van der Waals surface area contributed by atoms with Gasteiger partial charge in [0.15, 0.2) is 0 Å². The van der Waals surface area contributed by atoms with E-state index in [0.717, 1.165) is 44.6 Å². The quantitative estimate of drug-likeness (QED) is 0.551. The van der Waals surface area contributed by atoms with Crippen molar-refractivity contribution in [1.82, 2.24) is 9.21 Å². The molecule has 1 heterocycles. The highest BCUT2D eigenvalue weighted by molar-refractivity contribution is 7.97. The summed E-state index contributed by atoms with van der Waals surface area (Å²) in [5.41, 5.74) is 0.434. The van der Waals surface area contributed by atoms with Crippen LogP contribution in [0.2, 0.25) is 0 Å². The first-order valence-electron chi connectivity index (χ1n) is 9.60. The molecule has 1 aliphatic rings. The minimum Gasteiger partial charge on any atom is -0.385 e. The molecule has 0 aromatic heterocycles. The molecule has 0 saturated carbocycles. The molecule has 0 bridgehead atoms. The molecule has 0 unspecified atom stereocenters. The van der Waals surface area contributed by atoms with Crippen molar-refractivity contribution in [2.45, 2.75) is 36.2 Å². The van der Waals surface area contributed by atoms with Gasteiger partial charge in [-0.1, -0.05) is 48.5 Å². The van der Waals surface area contributed by atoms with Gasteiger partial charge in [-0.05, 0) is 68.9 Å². The third-order valence-electron chi connectivity index (χ3n) is 5.20. The molecule has 140 valence electrons. The summed E-state index contributed by atoms with van der Waals surface area (Å²) in [6, 6.07) is 20.7. The molecule has 26 heavy (non-hydrogen) atoms. The molecular formula is C22H30N2OS. The number of aliphatic hydroxyl groups is 1. The molecule has 0 atom stereocenters. The third kappa shape index (κ3) is 5.58. The van der Waals surface area contributed by atoms with Gasteiger partial charge in [-0.15, -0.1) is 0 Å². The Kier molecular flexibility index (Phi) is 7.15. The fourth-order valence-electron chi connectivity index (χ4n) is 3.56. The number of unbranched alkanes of at least 4 members (excludes halogenated alkanes) is 1. The van der Waals surface area contributed by atoms with Crippen LogP contribution in [0.15, 0.2) is 65.6 Å². The van der Waals surface area contributed by atoms with Crippen LogP contribution in [0.25, 0.3) is 0 Å². The van der Waals surface area contributed by atoms with Gasteiger partial charge in [0.1, 0.15) is 0 Å². The molecule has 1 saturated heterocycles. The molecule has 2 aromatic rings. The van der Waals surface area contributed by atoms with Gasteiger partial charge >= 0.3 is 0 Å². The average Bonchev–Trinajstić information content (AvgIpc) is 2.68. The van der Waals surface area contributed by atoms with Gasteiger partial charge in [-0.3, -0.25) is 0 Å². The molecule has 0 spiro atoms. The summed E-state index contributed by atoms with van der Waals surface area (Å²) in [4.78, 5) is 3.80. The van der Waals surface area contributed by atoms with Crippen LogP contribution in [0.1, 0.15) is 31.2 Å². The van der Waals surface area contributed by atoms with E-state index in [2.05, 4.69) is 58.7 Å². The second-order valence-electron chi connectivity index (χ2n) is 7.20. The van der Waals surface area contributed by atoms with Crippen molar-refractivity contribution in [2.24, 2.45) is 0 Å². The Morgan fingerprint density at radius 2 is 1.58 bits per heavy atom. The first kappa shape index (κ1) is 19.4. The second-order valence-corrected chi connectivity index (χ2v) is 8.48. The van der Waals surface area contributed by atoms with Gasteiger partial charge in [0, 0.05) is 24.5 Å². The van der Waals surface area contributed by atoms with Crippen molar-refractivity contribution in [1.29, 1.82) is 0 Å². The van der Waals surface area contributed by atoms with Crippen LogP contribution in [-0.4, -0.2) is 47.5 Å². The number of likely N-dealkylation sites (tertiary alicyclic amines) is 1. The zero-order valence-electron chi connectivity index (χ0n) is 15.7. The van der Waals surface area contributed by atoms with Gasteiger partial charge in [-0.2, -0.15) is 0 Å². The number of hydrogen-bond acceptors (Lipinski definition) is 4. The summed E-state index contributed by atoms with van der Waals surface area (Å²) in [5.74, 6) is 0. The fraction of sp³-hybridized carbons (Fsp3) is 0.455. The highest BCUT2D eigenvalue weighted by Crippen LogP contribution is 2.32. The zero-order chi connectivity index (χ0) is 18.2. The van der Waals surface area contributed by atoms with Gasteiger partial charge in [0.25, 0.3) is 0 Å². The van der Waals surface area contributed by atoms with Crippen molar-refractivity contribution in [3.05, 3.63) is 66.2 Å². The van der Waals surface area contributed by atoms with E-state index in [-0.39, 0.29) is 0 Å². The maximum absolute atomic E-state index is 10.9. The molecular weight excluding hydrogens is 340 g/mol. The summed E-state index contributed by atoms with van der Waals surface area (Å²) in [7, 11) is 2.17. The van der Waals surface area contributed by atoms with E-state index in [1.807, 2.05) is 30.1 Å². The lowest BCUT2D eigenvalue weighted by Gasteiger charge is -2.38. The van der Waals surface area contributed by atoms with Crippen LogP contribution in [0.3, 0.4) is 0 Å². The highest BCUT2D eigenvalue weighted by Gasteiger charge is 2.33. The zero-order valence-corrected chi connectivity index (χ0v) is 16.5. The van der Waals surface area contributed by atoms with E-state index in [1.54, 1.807) is 0 Å². The molecule has 0 aliphatic carbocycles. The van der Waals surface area contributed by atoms with Crippen LogP contribution in [0.4, 0.5) is 0 Å². The minimum absolute atomic E-state index is 0.635. The Hall–Kier alpha value is -1.33. The van der Waals surface area contributed by atoms with E-state index < -0.39 is 5.60 Å². The Balaban J connectivity index is 1.33. The van der Waals surface area contributed by atoms with Crippen molar-refractivity contribution in [3.8, 4) is 0 Å². The lowest BCUT2D eigenvalue weighted by molar-refractivity contribution is -0.0261. The molecule has 0 radical (unpaired) electrons. The first-order valence-corrected chi connectivity index (χ1v) is 10.4. The highest BCUT2D eigenvalue weighted by atomic mass is 32.2. The average molecular weight is 371 g/mol. The monoisotopic (exact) mass is 370 g/mol. The van der Waals surface area contributed by atoms with Crippen LogP contribution in [-0.2, 0) is 5.60 Å².